The Balaban J connectivity index is 2.00. The summed E-state index contributed by atoms with van der Waals surface area (Å²) in [6.07, 6.45) is 0.752. The van der Waals surface area contributed by atoms with Crippen molar-refractivity contribution in [2.75, 3.05) is 5.32 Å². The minimum atomic E-state index is -1.40. The van der Waals surface area contributed by atoms with Crippen molar-refractivity contribution in [1.29, 1.82) is 0 Å². The summed E-state index contributed by atoms with van der Waals surface area (Å²) in [5, 5.41) is 13.0. The predicted octanol–water partition coefficient (Wildman–Crippen LogP) is 2.11. The second-order valence-electron chi connectivity index (χ2n) is 4.54. The standard InChI is InChI=1S/C17H15NO4/c1-12(11-16(19)20)17(21)18-13-7-9-15(10-8-13)22-14-5-3-2-4-6-14/h2-11H,1H3,(H,18,21)(H,19,20)/p-1/b12-11-. The molecule has 5 nitrogen and oxygen atoms in total. The highest BCUT2D eigenvalue weighted by atomic mass is 16.5. The zero-order valence-corrected chi connectivity index (χ0v) is 11.9. The zero-order chi connectivity index (χ0) is 15.9. The van der Waals surface area contributed by atoms with E-state index in [2.05, 4.69) is 5.32 Å². The quantitative estimate of drug-likeness (QED) is 0.857. The molecule has 1 amide bonds. The number of nitrogens with one attached hydrogen (secondary N) is 1. The summed E-state index contributed by atoms with van der Waals surface area (Å²) in [5.41, 5.74) is 0.598. The summed E-state index contributed by atoms with van der Waals surface area (Å²) < 4.78 is 5.63. The Morgan fingerprint density at radius 2 is 1.59 bits per heavy atom. The van der Waals surface area contributed by atoms with Crippen molar-refractivity contribution < 1.29 is 19.4 Å². The third-order valence-electron chi connectivity index (χ3n) is 2.78. The van der Waals surface area contributed by atoms with Crippen LogP contribution in [0, 0.1) is 0 Å². The molecule has 0 unspecified atom stereocenters. The summed E-state index contributed by atoms with van der Waals surface area (Å²) in [6.45, 7) is 1.40. The third kappa shape index (κ3) is 4.49. The Bertz CT molecular complexity index is 690. The van der Waals surface area contributed by atoms with Gasteiger partial charge in [0.2, 0.25) is 0 Å². The van der Waals surface area contributed by atoms with Gasteiger partial charge in [0.15, 0.2) is 0 Å². The molecule has 22 heavy (non-hydrogen) atoms. The molecule has 2 rings (SSSR count). The summed E-state index contributed by atoms with van der Waals surface area (Å²) >= 11 is 0. The summed E-state index contributed by atoms with van der Waals surface area (Å²) in [7, 11) is 0. The van der Waals surface area contributed by atoms with Gasteiger partial charge in [-0.25, -0.2) is 0 Å². The number of para-hydroxylation sites is 1. The highest BCUT2D eigenvalue weighted by molar-refractivity contribution is 6.06. The van der Waals surface area contributed by atoms with E-state index >= 15 is 0 Å². The molecular formula is C17H14NO4-. The third-order valence-corrected chi connectivity index (χ3v) is 2.78. The fourth-order valence-corrected chi connectivity index (χ4v) is 1.70. The number of hydrogen-bond donors (Lipinski definition) is 1. The highest BCUT2D eigenvalue weighted by Gasteiger charge is 2.05. The van der Waals surface area contributed by atoms with Crippen LogP contribution in [0.25, 0.3) is 0 Å². The molecule has 0 bridgehead atoms. The van der Waals surface area contributed by atoms with E-state index in [4.69, 9.17) is 4.74 Å². The number of carbonyl (C=O) groups excluding carboxylic acids is 2. The molecule has 0 saturated heterocycles. The zero-order valence-electron chi connectivity index (χ0n) is 11.9. The van der Waals surface area contributed by atoms with Crippen LogP contribution in [0.5, 0.6) is 11.5 Å². The summed E-state index contributed by atoms with van der Waals surface area (Å²) in [4.78, 5) is 22.1. The maximum Gasteiger partial charge on any atom is 0.251 e. The van der Waals surface area contributed by atoms with Gasteiger partial charge in [-0.05, 0) is 49.4 Å². The molecule has 0 aliphatic rings. The first-order valence-corrected chi connectivity index (χ1v) is 6.58. The Kier molecular flexibility index (Phi) is 4.93. The molecule has 0 radical (unpaired) electrons. The van der Waals surface area contributed by atoms with Crippen LogP contribution in [-0.4, -0.2) is 11.9 Å². The number of carboxylic acid groups (broad SMARTS) is 1. The number of hydrogen-bond acceptors (Lipinski definition) is 4. The Labute approximate surface area is 127 Å². The van der Waals surface area contributed by atoms with E-state index in [0.717, 1.165) is 6.08 Å². The average molecular weight is 296 g/mol. The first-order valence-electron chi connectivity index (χ1n) is 6.58. The van der Waals surface area contributed by atoms with Gasteiger partial charge in [-0.3, -0.25) is 4.79 Å². The fourth-order valence-electron chi connectivity index (χ4n) is 1.70. The van der Waals surface area contributed by atoms with Gasteiger partial charge < -0.3 is 20.0 Å². The van der Waals surface area contributed by atoms with Gasteiger partial charge in [-0.1, -0.05) is 18.2 Å². The molecule has 0 aliphatic carbocycles. The molecule has 1 N–H and O–H groups in total. The van der Waals surface area contributed by atoms with Crippen molar-refractivity contribution in [3.63, 3.8) is 0 Å². The molecule has 2 aromatic carbocycles. The molecule has 0 aromatic heterocycles. The van der Waals surface area contributed by atoms with Crippen molar-refractivity contribution in [1.82, 2.24) is 0 Å². The van der Waals surface area contributed by atoms with Crippen LogP contribution in [0.2, 0.25) is 0 Å². The lowest BCUT2D eigenvalue weighted by molar-refractivity contribution is -0.297. The largest absolute Gasteiger partial charge is 0.545 e. The number of ether oxygens (including phenoxy) is 1. The Morgan fingerprint density at radius 1 is 1.00 bits per heavy atom. The van der Waals surface area contributed by atoms with E-state index < -0.39 is 11.9 Å². The van der Waals surface area contributed by atoms with Gasteiger partial charge in [0, 0.05) is 11.3 Å². The van der Waals surface area contributed by atoms with Gasteiger partial charge in [0.05, 0.1) is 5.97 Å². The molecule has 0 spiro atoms. The molecule has 0 atom stereocenters. The van der Waals surface area contributed by atoms with Gasteiger partial charge in [0.1, 0.15) is 11.5 Å². The highest BCUT2D eigenvalue weighted by Crippen LogP contribution is 2.22. The number of amides is 1. The van der Waals surface area contributed by atoms with E-state index in [-0.39, 0.29) is 5.57 Å². The first kappa shape index (κ1) is 15.3. The van der Waals surface area contributed by atoms with Crippen LogP contribution in [-0.2, 0) is 9.59 Å². The van der Waals surface area contributed by atoms with Crippen molar-refractivity contribution in [3.8, 4) is 11.5 Å². The Morgan fingerprint density at radius 3 is 2.18 bits per heavy atom. The minimum Gasteiger partial charge on any atom is -0.545 e. The van der Waals surface area contributed by atoms with Crippen LogP contribution in [0.15, 0.2) is 66.2 Å². The maximum atomic E-state index is 11.7. The number of carbonyl (C=O) groups is 2. The van der Waals surface area contributed by atoms with Crippen LogP contribution in [0.3, 0.4) is 0 Å². The van der Waals surface area contributed by atoms with Crippen molar-refractivity contribution >= 4 is 17.6 Å². The first-order chi connectivity index (χ1) is 10.5. The molecule has 0 aliphatic heterocycles. The van der Waals surface area contributed by atoms with E-state index in [1.807, 2.05) is 30.3 Å². The average Bonchev–Trinajstić information content (AvgIpc) is 2.49. The molecule has 2 aromatic rings. The van der Waals surface area contributed by atoms with Gasteiger partial charge >= 0.3 is 0 Å². The lowest BCUT2D eigenvalue weighted by Crippen LogP contribution is -2.22. The molecule has 0 heterocycles. The van der Waals surface area contributed by atoms with Gasteiger partial charge in [-0.2, -0.15) is 0 Å². The second kappa shape index (κ2) is 7.08. The molecular weight excluding hydrogens is 282 g/mol. The molecule has 0 fully saturated rings. The van der Waals surface area contributed by atoms with E-state index in [1.165, 1.54) is 6.92 Å². The maximum absolute atomic E-state index is 11.7. The SMILES string of the molecule is C/C(=C/C(=O)[O-])C(=O)Nc1ccc(Oc2ccccc2)cc1. The lowest BCUT2D eigenvalue weighted by Gasteiger charge is -2.08. The second-order valence-corrected chi connectivity index (χ2v) is 4.54. The molecule has 5 heteroatoms. The van der Waals surface area contributed by atoms with E-state index in [0.29, 0.717) is 17.2 Å². The monoisotopic (exact) mass is 296 g/mol. The van der Waals surface area contributed by atoms with Crippen LogP contribution < -0.4 is 15.2 Å². The number of rotatable bonds is 5. The minimum absolute atomic E-state index is 0.0598. The Hall–Kier alpha value is -3.08. The van der Waals surface area contributed by atoms with E-state index in [1.54, 1.807) is 24.3 Å². The molecule has 0 saturated carbocycles. The van der Waals surface area contributed by atoms with Crippen molar-refractivity contribution in [3.05, 3.63) is 66.2 Å². The topological polar surface area (TPSA) is 78.5 Å². The number of anilines is 1. The number of aliphatic carboxylic acids is 1. The van der Waals surface area contributed by atoms with Gasteiger partial charge in [0.25, 0.3) is 5.91 Å². The number of benzene rings is 2. The molecule has 112 valence electrons. The van der Waals surface area contributed by atoms with Crippen molar-refractivity contribution in [2.24, 2.45) is 0 Å². The summed E-state index contributed by atoms with van der Waals surface area (Å²) in [6, 6.07) is 16.1. The van der Waals surface area contributed by atoms with E-state index in [9.17, 15) is 14.7 Å². The van der Waals surface area contributed by atoms with Crippen LogP contribution in [0.1, 0.15) is 6.92 Å². The lowest BCUT2D eigenvalue weighted by atomic mass is 10.2. The predicted molar refractivity (Wildman–Crippen MR) is 80.4 cm³/mol. The smallest absolute Gasteiger partial charge is 0.251 e. The summed E-state index contributed by atoms with van der Waals surface area (Å²) in [5.74, 6) is -0.557. The number of carboxylic acids is 1. The fraction of sp³-hybridized carbons (Fsp3) is 0.0588. The van der Waals surface area contributed by atoms with Crippen LogP contribution in [0.4, 0.5) is 5.69 Å². The normalized spacial score (nSPS) is 10.9. The van der Waals surface area contributed by atoms with Gasteiger partial charge in [-0.15, -0.1) is 0 Å². The van der Waals surface area contributed by atoms with Crippen LogP contribution >= 0.6 is 0 Å². The van der Waals surface area contributed by atoms with Crippen molar-refractivity contribution in [2.45, 2.75) is 6.92 Å².